The number of carbonyl (C=O) groups excluding carboxylic acids is 2. The maximum absolute atomic E-state index is 13.3. The smallest absolute Gasteiger partial charge is 0.273 e. The van der Waals surface area contributed by atoms with Gasteiger partial charge < -0.3 is 15.4 Å². The summed E-state index contributed by atoms with van der Waals surface area (Å²) in [5.74, 6) is 0.0612. The Morgan fingerprint density at radius 2 is 1.90 bits per heavy atom. The van der Waals surface area contributed by atoms with E-state index in [2.05, 4.69) is 10.6 Å². The first-order valence-electron chi connectivity index (χ1n) is 11.3. The second-order valence-corrected chi connectivity index (χ2v) is 9.61. The van der Waals surface area contributed by atoms with Crippen LogP contribution in [0.1, 0.15) is 63.4 Å². The molecule has 0 radical (unpaired) electrons. The molecule has 170 valence electrons. The fourth-order valence-electron chi connectivity index (χ4n) is 4.30. The number of methoxy groups -OCH3 is 1. The van der Waals surface area contributed by atoms with Gasteiger partial charge >= 0.3 is 0 Å². The van der Waals surface area contributed by atoms with Crippen LogP contribution in [-0.4, -0.2) is 47.9 Å². The number of nitrogens with one attached hydrogen (secondary N) is 2. The fraction of sp³-hybridized carbons (Fsp3) is 0.625. The zero-order valence-electron chi connectivity index (χ0n) is 19.2. The zero-order valence-corrected chi connectivity index (χ0v) is 19.2. The summed E-state index contributed by atoms with van der Waals surface area (Å²) in [6.45, 7) is 7.46. The van der Waals surface area contributed by atoms with Crippen LogP contribution >= 0.6 is 0 Å². The van der Waals surface area contributed by atoms with E-state index in [9.17, 15) is 9.59 Å². The SMILES string of the molecule is COCCNC(=O)[C@@H](NC(=O)c1nn(CC2CCCCC2)c2ccccc12)C(C)(C)C. The van der Waals surface area contributed by atoms with Gasteiger partial charge in [0.05, 0.1) is 12.1 Å². The third-order valence-corrected chi connectivity index (χ3v) is 6.04. The number of fused-ring (bicyclic) bond motifs is 1. The molecule has 0 aliphatic heterocycles. The van der Waals surface area contributed by atoms with Crippen molar-refractivity contribution in [1.29, 1.82) is 0 Å². The van der Waals surface area contributed by atoms with Crippen LogP contribution in [0, 0.1) is 11.3 Å². The number of ether oxygens (including phenoxy) is 1. The zero-order chi connectivity index (χ0) is 22.4. The highest BCUT2D eigenvalue weighted by atomic mass is 16.5. The standard InChI is InChI=1S/C24H36N4O3/c1-24(2,3)21(23(30)25-14-15-31-4)26-22(29)20-18-12-8-9-13-19(18)28(27-20)16-17-10-6-5-7-11-17/h8-9,12-13,17,21H,5-7,10-11,14-16H2,1-4H3,(H,25,30)(H,26,29)/t21-/m1/s1. The first-order valence-corrected chi connectivity index (χ1v) is 11.3. The van der Waals surface area contributed by atoms with Crippen molar-refractivity contribution >= 4 is 22.7 Å². The van der Waals surface area contributed by atoms with Crippen molar-refractivity contribution in [1.82, 2.24) is 20.4 Å². The minimum Gasteiger partial charge on any atom is -0.383 e. The summed E-state index contributed by atoms with van der Waals surface area (Å²) >= 11 is 0. The second kappa shape index (κ2) is 10.3. The highest BCUT2D eigenvalue weighted by Gasteiger charge is 2.34. The summed E-state index contributed by atoms with van der Waals surface area (Å²) in [5.41, 5.74) is 0.897. The van der Waals surface area contributed by atoms with E-state index in [4.69, 9.17) is 9.84 Å². The molecule has 3 rings (SSSR count). The molecule has 0 saturated heterocycles. The van der Waals surface area contributed by atoms with Gasteiger partial charge in [0.2, 0.25) is 5.91 Å². The quantitative estimate of drug-likeness (QED) is 0.630. The van der Waals surface area contributed by atoms with Gasteiger partial charge in [-0.2, -0.15) is 5.10 Å². The topological polar surface area (TPSA) is 85.2 Å². The van der Waals surface area contributed by atoms with Crippen molar-refractivity contribution < 1.29 is 14.3 Å². The van der Waals surface area contributed by atoms with Gasteiger partial charge in [-0.15, -0.1) is 0 Å². The number of hydrogen-bond donors (Lipinski definition) is 2. The molecule has 0 spiro atoms. The van der Waals surface area contributed by atoms with Gasteiger partial charge in [-0.25, -0.2) is 0 Å². The van der Waals surface area contributed by atoms with E-state index in [-0.39, 0.29) is 11.8 Å². The van der Waals surface area contributed by atoms with E-state index in [1.54, 1.807) is 7.11 Å². The lowest BCUT2D eigenvalue weighted by atomic mass is 9.86. The molecule has 1 fully saturated rings. The highest BCUT2D eigenvalue weighted by molar-refractivity contribution is 6.06. The predicted octanol–water partition coefficient (Wildman–Crippen LogP) is 3.52. The predicted molar refractivity (Wildman–Crippen MR) is 122 cm³/mol. The monoisotopic (exact) mass is 428 g/mol. The van der Waals surface area contributed by atoms with E-state index in [0.29, 0.717) is 24.8 Å². The minimum absolute atomic E-state index is 0.219. The largest absolute Gasteiger partial charge is 0.383 e. The molecule has 7 nitrogen and oxygen atoms in total. The van der Waals surface area contributed by atoms with Gasteiger partial charge in [0.1, 0.15) is 6.04 Å². The van der Waals surface area contributed by atoms with Gasteiger partial charge in [0.15, 0.2) is 5.69 Å². The van der Waals surface area contributed by atoms with Crippen molar-refractivity contribution in [2.75, 3.05) is 20.3 Å². The highest BCUT2D eigenvalue weighted by Crippen LogP contribution is 2.27. The van der Waals surface area contributed by atoms with Gasteiger partial charge in [-0.05, 0) is 30.2 Å². The molecule has 1 aromatic carbocycles. The summed E-state index contributed by atoms with van der Waals surface area (Å²) in [5, 5.41) is 11.3. The Balaban J connectivity index is 1.82. The van der Waals surface area contributed by atoms with E-state index >= 15 is 0 Å². The summed E-state index contributed by atoms with van der Waals surface area (Å²) in [6, 6.07) is 7.16. The first kappa shape index (κ1) is 23.3. The van der Waals surface area contributed by atoms with Crippen LogP contribution in [0.2, 0.25) is 0 Å². The van der Waals surface area contributed by atoms with Crippen molar-refractivity contribution in [3.8, 4) is 0 Å². The normalized spacial score (nSPS) is 16.3. The van der Waals surface area contributed by atoms with Crippen LogP contribution in [0.25, 0.3) is 10.9 Å². The van der Waals surface area contributed by atoms with E-state index in [0.717, 1.165) is 17.4 Å². The number of rotatable bonds is 8. The Labute approximate surface area is 184 Å². The van der Waals surface area contributed by atoms with Crippen LogP contribution < -0.4 is 10.6 Å². The molecule has 2 amide bonds. The molecule has 2 aromatic rings. The number of para-hydroxylation sites is 1. The molecule has 1 aliphatic carbocycles. The van der Waals surface area contributed by atoms with Crippen LogP contribution in [-0.2, 0) is 16.1 Å². The fourth-order valence-corrected chi connectivity index (χ4v) is 4.30. The lowest BCUT2D eigenvalue weighted by Crippen LogP contribution is -2.54. The average Bonchev–Trinajstić information content (AvgIpc) is 3.10. The van der Waals surface area contributed by atoms with Crippen molar-refractivity contribution in [2.24, 2.45) is 11.3 Å². The molecule has 1 heterocycles. The maximum atomic E-state index is 13.3. The Kier molecular flexibility index (Phi) is 7.70. The Hall–Kier alpha value is -2.41. The molecule has 31 heavy (non-hydrogen) atoms. The molecule has 1 aliphatic rings. The molecule has 0 unspecified atom stereocenters. The molecular weight excluding hydrogens is 392 g/mol. The van der Waals surface area contributed by atoms with Gasteiger partial charge in [-0.3, -0.25) is 14.3 Å². The van der Waals surface area contributed by atoms with Crippen LogP contribution in [0.3, 0.4) is 0 Å². The summed E-state index contributed by atoms with van der Waals surface area (Å²) in [7, 11) is 1.59. The van der Waals surface area contributed by atoms with Crippen LogP contribution in [0.15, 0.2) is 24.3 Å². The third-order valence-electron chi connectivity index (χ3n) is 6.04. The van der Waals surface area contributed by atoms with E-state index in [1.807, 2.05) is 49.7 Å². The van der Waals surface area contributed by atoms with Crippen molar-refractivity contribution in [2.45, 2.75) is 65.5 Å². The Bertz CT molecular complexity index is 894. The Morgan fingerprint density at radius 1 is 1.19 bits per heavy atom. The molecule has 7 heteroatoms. The van der Waals surface area contributed by atoms with Crippen LogP contribution in [0.5, 0.6) is 0 Å². The van der Waals surface area contributed by atoms with Crippen LogP contribution in [0.4, 0.5) is 0 Å². The van der Waals surface area contributed by atoms with Crippen molar-refractivity contribution in [3.05, 3.63) is 30.0 Å². The lowest BCUT2D eigenvalue weighted by molar-refractivity contribution is -0.125. The molecule has 0 bridgehead atoms. The minimum atomic E-state index is -0.681. The van der Waals surface area contributed by atoms with Crippen molar-refractivity contribution in [3.63, 3.8) is 0 Å². The molecule has 2 N–H and O–H groups in total. The number of carbonyl (C=O) groups is 2. The molecular formula is C24H36N4O3. The summed E-state index contributed by atoms with van der Waals surface area (Å²) < 4.78 is 6.98. The number of nitrogens with zero attached hydrogens (tertiary/aromatic N) is 2. The number of benzene rings is 1. The third kappa shape index (κ3) is 5.85. The Morgan fingerprint density at radius 3 is 2.58 bits per heavy atom. The average molecular weight is 429 g/mol. The molecule has 1 atom stereocenters. The second-order valence-electron chi connectivity index (χ2n) is 9.61. The van der Waals surface area contributed by atoms with E-state index < -0.39 is 11.5 Å². The summed E-state index contributed by atoms with van der Waals surface area (Å²) in [6.07, 6.45) is 6.27. The van der Waals surface area contributed by atoms with Gasteiger partial charge in [0.25, 0.3) is 5.91 Å². The summed E-state index contributed by atoms with van der Waals surface area (Å²) in [4.78, 5) is 26.0. The lowest BCUT2D eigenvalue weighted by Gasteiger charge is -2.30. The maximum Gasteiger partial charge on any atom is 0.273 e. The molecule has 1 aromatic heterocycles. The number of aromatic nitrogens is 2. The van der Waals surface area contributed by atoms with Gasteiger partial charge in [0, 0.05) is 25.6 Å². The van der Waals surface area contributed by atoms with Gasteiger partial charge in [-0.1, -0.05) is 58.2 Å². The molecule has 1 saturated carbocycles. The first-order chi connectivity index (χ1) is 14.8. The van der Waals surface area contributed by atoms with E-state index in [1.165, 1.54) is 32.1 Å². The number of hydrogen-bond acceptors (Lipinski definition) is 4. The number of amides is 2.